The first-order chi connectivity index (χ1) is 6.43. The molecular weight excluding hydrogens is 162 g/mol. The van der Waals surface area contributed by atoms with E-state index in [1.165, 1.54) is 52.1 Å². The molecule has 0 saturated carbocycles. The molecule has 0 aromatic rings. The van der Waals surface area contributed by atoms with E-state index >= 15 is 0 Å². The number of rotatable bonds is 1. The number of nitrogens with zero attached hydrogens (tertiary/aromatic N) is 2. The Morgan fingerprint density at radius 2 is 1.77 bits per heavy atom. The third-order valence-electron chi connectivity index (χ3n) is 3.90. The van der Waals surface area contributed by atoms with Crippen LogP contribution in [0.5, 0.6) is 0 Å². The van der Waals surface area contributed by atoms with Crippen molar-refractivity contribution in [3.05, 3.63) is 0 Å². The van der Waals surface area contributed by atoms with Crippen LogP contribution >= 0.6 is 0 Å². The Kier molecular flexibility index (Phi) is 2.04. The van der Waals surface area contributed by atoms with E-state index in [9.17, 15) is 0 Å². The van der Waals surface area contributed by atoms with Gasteiger partial charge in [-0.3, -0.25) is 9.80 Å². The van der Waals surface area contributed by atoms with E-state index in [0.29, 0.717) is 0 Å². The van der Waals surface area contributed by atoms with Crippen LogP contribution in [0.3, 0.4) is 0 Å². The average Bonchev–Trinajstić information content (AvgIpc) is 2.47. The standard InChI is InChI=1S/C10H19N3/c1-2-9-8-13(10-6-11-7-10)5-4-12(9)3-1/h9-11H,1-8H2. The molecule has 3 aliphatic rings. The van der Waals surface area contributed by atoms with E-state index in [1.54, 1.807) is 0 Å². The highest BCUT2D eigenvalue weighted by atomic mass is 15.3. The fourth-order valence-corrected chi connectivity index (χ4v) is 2.88. The van der Waals surface area contributed by atoms with Gasteiger partial charge in [0.15, 0.2) is 0 Å². The van der Waals surface area contributed by atoms with Gasteiger partial charge in [-0.2, -0.15) is 0 Å². The van der Waals surface area contributed by atoms with Gasteiger partial charge in [-0.25, -0.2) is 0 Å². The van der Waals surface area contributed by atoms with E-state index in [2.05, 4.69) is 15.1 Å². The Labute approximate surface area is 80.1 Å². The fraction of sp³-hybridized carbons (Fsp3) is 1.00. The van der Waals surface area contributed by atoms with Crippen molar-refractivity contribution in [2.45, 2.75) is 24.9 Å². The first-order valence-electron chi connectivity index (χ1n) is 5.62. The lowest BCUT2D eigenvalue weighted by atomic mass is 10.1. The van der Waals surface area contributed by atoms with Crippen LogP contribution in [-0.4, -0.2) is 61.2 Å². The predicted octanol–water partition coefficient (Wildman–Crippen LogP) is -0.262. The van der Waals surface area contributed by atoms with Crippen molar-refractivity contribution < 1.29 is 0 Å². The van der Waals surface area contributed by atoms with Crippen LogP contribution in [0, 0.1) is 0 Å². The molecule has 3 fully saturated rings. The molecule has 1 unspecified atom stereocenters. The van der Waals surface area contributed by atoms with E-state index < -0.39 is 0 Å². The summed E-state index contributed by atoms with van der Waals surface area (Å²) in [5, 5.41) is 3.36. The van der Waals surface area contributed by atoms with Gasteiger partial charge in [-0.05, 0) is 19.4 Å². The van der Waals surface area contributed by atoms with Crippen LogP contribution in [0.15, 0.2) is 0 Å². The Hall–Kier alpha value is -0.120. The molecule has 3 heterocycles. The predicted molar refractivity (Wildman–Crippen MR) is 52.8 cm³/mol. The summed E-state index contributed by atoms with van der Waals surface area (Å²) >= 11 is 0. The van der Waals surface area contributed by atoms with Crippen molar-refractivity contribution in [3.63, 3.8) is 0 Å². The number of piperazine rings is 1. The highest BCUT2D eigenvalue weighted by Crippen LogP contribution is 2.23. The molecule has 0 aliphatic carbocycles. The Morgan fingerprint density at radius 3 is 2.54 bits per heavy atom. The van der Waals surface area contributed by atoms with Gasteiger partial charge in [0.05, 0.1) is 0 Å². The van der Waals surface area contributed by atoms with Crippen LogP contribution in [-0.2, 0) is 0 Å². The summed E-state index contributed by atoms with van der Waals surface area (Å²) in [6.07, 6.45) is 2.87. The molecule has 74 valence electrons. The molecule has 0 spiro atoms. The number of hydrogen-bond donors (Lipinski definition) is 1. The topological polar surface area (TPSA) is 18.5 Å². The number of nitrogens with one attached hydrogen (secondary N) is 1. The van der Waals surface area contributed by atoms with E-state index in [-0.39, 0.29) is 0 Å². The Morgan fingerprint density at radius 1 is 0.923 bits per heavy atom. The maximum absolute atomic E-state index is 3.36. The van der Waals surface area contributed by atoms with E-state index in [1.807, 2.05) is 0 Å². The zero-order valence-corrected chi connectivity index (χ0v) is 8.21. The van der Waals surface area contributed by atoms with Gasteiger partial charge in [0.25, 0.3) is 0 Å². The van der Waals surface area contributed by atoms with Gasteiger partial charge in [-0.1, -0.05) is 0 Å². The van der Waals surface area contributed by atoms with Crippen LogP contribution < -0.4 is 5.32 Å². The molecule has 3 nitrogen and oxygen atoms in total. The molecule has 3 aliphatic heterocycles. The van der Waals surface area contributed by atoms with Gasteiger partial charge in [0.2, 0.25) is 0 Å². The van der Waals surface area contributed by atoms with Gasteiger partial charge in [0.1, 0.15) is 0 Å². The zero-order chi connectivity index (χ0) is 8.67. The molecule has 0 bridgehead atoms. The molecule has 0 aromatic heterocycles. The second-order valence-electron chi connectivity index (χ2n) is 4.64. The normalized spacial score (nSPS) is 37.4. The second kappa shape index (κ2) is 3.23. The lowest BCUT2D eigenvalue weighted by Crippen LogP contribution is -2.62. The molecule has 1 N–H and O–H groups in total. The minimum atomic E-state index is 0.864. The van der Waals surface area contributed by atoms with Crippen molar-refractivity contribution in [2.75, 3.05) is 39.3 Å². The molecule has 0 amide bonds. The molecular formula is C10H19N3. The summed E-state index contributed by atoms with van der Waals surface area (Å²) in [7, 11) is 0. The Bertz CT molecular complexity index is 191. The first-order valence-corrected chi connectivity index (χ1v) is 5.62. The van der Waals surface area contributed by atoms with Gasteiger partial charge in [-0.15, -0.1) is 0 Å². The van der Waals surface area contributed by atoms with Crippen molar-refractivity contribution >= 4 is 0 Å². The lowest BCUT2D eigenvalue weighted by Gasteiger charge is -2.45. The third-order valence-corrected chi connectivity index (χ3v) is 3.90. The van der Waals surface area contributed by atoms with Crippen molar-refractivity contribution in [1.82, 2.24) is 15.1 Å². The van der Waals surface area contributed by atoms with Crippen LogP contribution in [0.25, 0.3) is 0 Å². The fourth-order valence-electron chi connectivity index (χ4n) is 2.88. The highest BCUT2D eigenvalue weighted by molar-refractivity contribution is 4.93. The van der Waals surface area contributed by atoms with Crippen LogP contribution in [0.2, 0.25) is 0 Å². The zero-order valence-electron chi connectivity index (χ0n) is 8.21. The largest absolute Gasteiger partial charge is 0.314 e. The minimum Gasteiger partial charge on any atom is -0.314 e. The molecule has 0 radical (unpaired) electrons. The molecule has 3 heteroatoms. The molecule has 3 saturated heterocycles. The van der Waals surface area contributed by atoms with Crippen molar-refractivity contribution in [1.29, 1.82) is 0 Å². The lowest BCUT2D eigenvalue weighted by molar-refractivity contribution is 0.0520. The van der Waals surface area contributed by atoms with Crippen LogP contribution in [0.4, 0.5) is 0 Å². The quantitative estimate of drug-likeness (QED) is 0.601. The van der Waals surface area contributed by atoms with Gasteiger partial charge < -0.3 is 5.32 Å². The summed E-state index contributed by atoms with van der Waals surface area (Å²) in [6.45, 7) is 7.79. The monoisotopic (exact) mass is 181 g/mol. The second-order valence-corrected chi connectivity index (χ2v) is 4.64. The summed E-state index contributed by atoms with van der Waals surface area (Å²) in [5.41, 5.74) is 0. The smallest absolute Gasteiger partial charge is 0.0346 e. The average molecular weight is 181 g/mol. The van der Waals surface area contributed by atoms with E-state index in [0.717, 1.165) is 12.1 Å². The minimum absolute atomic E-state index is 0.864. The number of fused-ring (bicyclic) bond motifs is 1. The molecule has 0 aromatic carbocycles. The highest BCUT2D eigenvalue weighted by Gasteiger charge is 2.34. The molecule has 1 atom stereocenters. The SMILES string of the molecule is C1CC2CN(C3CNC3)CCN2C1. The van der Waals surface area contributed by atoms with Crippen LogP contribution in [0.1, 0.15) is 12.8 Å². The van der Waals surface area contributed by atoms with Gasteiger partial charge in [0, 0.05) is 44.8 Å². The molecule has 13 heavy (non-hydrogen) atoms. The summed E-state index contributed by atoms with van der Waals surface area (Å²) < 4.78 is 0. The van der Waals surface area contributed by atoms with Crippen molar-refractivity contribution in [2.24, 2.45) is 0 Å². The summed E-state index contributed by atoms with van der Waals surface area (Å²) in [5.74, 6) is 0. The Balaban J connectivity index is 1.60. The third kappa shape index (κ3) is 1.39. The maximum Gasteiger partial charge on any atom is 0.0346 e. The number of hydrogen-bond acceptors (Lipinski definition) is 3. The summed E-state index contributed by atoms with van der Waals surface area (Å²) in [6, 6.07) is 1.76. The van der Waals surface area contributed by atoms with Gasteiger partial charge >= 0.3 is 0 Å². The van der Waals surface area contributed by atoms with Crippen molar-refractivity contribution in [3.8, 4) is 0 Å². The first kappa shape index (κ1) is 8.21. The summed E-state index contributed by atoms with van der Waals surface area (Å²) in [4.78, 5) is 5.38. The van der Waals surface area contributed by atoms with E-state index in [4.69, 9.17) is 0 Å². The maximum atomic E-state index is 3.36. The molecule has 3 rings (SSSR count).